The minimum absolute atomic E-state index is 0.0415. The molecule has 2 amide bonds. The molecule has 162 valence electrons. The number of nitro groups is 1. The van der Waals surface area contributed by atoms with Crippen molar-refractivity contribution in [3.05, 3.63) is 99.9 Å². The summed E-state index contributed by atoms with van der Waals surface area (Å²) in [5.41, 5.74) is 2.64. The number of hydrogen-bond acceptors (Lipinski definition) is 6. The smallest absolute Gasteiger partial charge is 0.271 e. The maximum Gasteiger partial charge on any atom is 0.271 e. The van der Waals surface area contributed by atoms with Gasteiger partial charge in [-0.25, -0.2) is 9.82 Å². The first-order chi connectivity index (χ1) is 15.4. The van der Waals surface area contributed by atoms with Crippen LogP contribution in [0.1, 0.15) is 15.9 Å². The van der Waals surface area contributed by atoms with Gasteiger partial charge in [-0.1, -0.05) is 30.3 Å². The lowest BCUT2D eigenvalue weighted by Crippen LogP contribution is -2.21. The Labute approximate surface area is 181 Å². The molecule has 3 aromatic rings. The van der Waals surface area contributed by atoms with Crippen LogP contribution in [0.2, 0.25) is 0 Å². The number of hydrazone groups is 1. The van der Waals surface area contributed by atoms with E-state index in [1.165, 1.54) is 42.6 Å². The Morgan fingerprint density at radius 2 is 1.81 bits per heavy atom. The van der Waals surface area contributed by atoms with Crippen molar-refractivity contribution in [2.24, 2.45) is 5.10 Å². The quantitative estimate of drug-likeness (QED) is 0.318. The normalized spacial score (nSPS) is 10.5. The number of hydrogen-bond donors (Lipinski definition) is 2. The summed E-state index contributed by atoms with van der Waals surface area (Å²) in [4.78, 5) is 34.4. The van der Waals surface area contributed by atoms with Gasteiger partial charge in [-0.15, -0.1) is 0 Å². The molecule has 0 aliphatic rings. The minimum atomic E-state index is -0.632. The van der Waals surface area contributed by atoms with E-state index >= 15 is 0 Å². The molecule has 0 spiro atoms. The Hall–Kier alpha value is -4.60. The number of rotatable bonds is 8. The van der Waals surface area contributed by atoms with Crippen molar-refractivity contribution >= 4 is 29.4 Å². The van der Waals surface area contributed by atoms with E-state index in [1.807, 2.05) is 0 Å². The van der Waals surface area contributed by atoms with Gasteiger partial charge in [0, 0.05) is 23.3 Å². The van der Waals surface area contributed by atoms with Gasteiger partial charge in [0.2, 0.25) is 0 Å². The second kappa shape index (κ2) is 10.4. The maximum absolute atomic E-state index is 13.6. The Balaban J connectivity index is 1.60. The van der Waals surface area contributed by atoms with Gasteiger partial charge in [0.1, 0.15) is 11.6 Å². The summed E-state index contributed by atoms with van der Waals surface area (Å²) >= 11 is 0. The highest BCUT2D eigenvalue weighted by atomic mass is 19.1. The average Bonchev–Trinajstić information content (AvgIpc) is 2.80. The molecule has 0 aromatic heterocycles. The fourth-order valence-corrected chi connectivity index (χ4v) is 2.60. The van der Waals surface area contributed by atoms with Gasteiger partial charge in [-0.2, -0.15) is 5.10 Å². The van der Waals surface area contributed by atoms with Crippen molar-refractivity contribution in [2.75, 3.05) is 11.9 Å². The molecule has 0 aliphatic heterocycles. The fraction of sp³-hybridized carbons (Fsp3) is 0.0455. The average molecular weight is 436 g/mol. The molecule has 2 N–H and O–H groups in total. The number of non-ortho nitro benzene ring substituents is 1. The summed E-state index contributed by atoms with van der Waals surface area (Å²) in [6, 6.07) is 17.6. The number of amides is 2. The second-order valence-electron chi connectivity index (χ2n) is 6.36. The highest BCUT2D eigenvalue weighted by Crippen LogP contribution is 2.17. The van der Waals surface area contributed by atoms with Crippen LogP contribution in [0.25, 0.3) is 0 Å². The first-order valence-electron chi connectivity index (χ1n) is 9.28. The summed E-state index contributed by atoms with van der Waals surface area (Å²) in [5, 5.41) is 17.1. The SMILES string of the molecule is O=C(COc1ccccc1C=NNC(=O)c1cccc([N+](=O)[O-])c1)Nc1ccccc1F. The third-order valence-corrected chi connectivity index (χ3v) is 4.11. The van der Waals surface area contributed by atoms with Crippen LogP contribution in [0.15, 0.2) is 77.9 Å². The lowest BCUT2D eigenvalue weighted by atomic mass is 10.2. The van der Waals surface area contributed by atoms with Crippen LogP contribution in [-0.4, -0.2) is 29.6 Å². The zero-order chi connectivity index (χ0) is 22.9. The predicted octanol–water partition coefficient (Wildman–Crippen LogP) is 3.52. The van der Waals surface area contributed by atoms with Crippen LogP contribution in [0.5, 0.6) is 5.75 Å². The lowest BCUT2D eigenvalue weighted by Gasteiger charge is -2.10. The molecule has 0 fully saturated rings. The van der Waals surface area contributed by atoms with E-state index in [-0.39, 0.29) is 23.5 Å². The first-order valence-corrected chi connectivity index (χ1v) is 9.28. The van der Waals surface area contributed by atoms with Crippen molar-refractivity contribution in [2.45, 2.75) is 0 Å². The molecule has 0 atom stereocenters. The third kappa shape index (κ3) is 5.95. The van der Waals surface area contributed by atoms with Gasteiger partial charge >= 0.3 is 0 Å². The standard InChI is InChI=1S/C22H17FN4O5/c23-18-9-2-3-10-19(18)25-21(28)14-32-20-11-4-1-6-16(20)13-24-26-22(29)15-7-5-8-17(12-15)27(30)31/h1-13H,14H2,(H,25,28)(H,26,29). The van der Waals surface area contributed by atoms with Crippen molar-refractivity contribution < 1.29 is 23.6 Å². The molecule has 0 heterocycles. The molecule has 3 aromatic carbocycles. The molecule has 0 radical (unpaired) electrons. The molecule has 3 rings (SSSR count). The number of halogens is 1. The molecule has 0 bridgehead atoms. The summed E-state index contributed by atoms with van der Waals surface area (Å²) in [7, 11) is 0. The second-order valence-corrected chi connectivity index (χ2v) is 6.36. The van der Waals surface area contributed by atoms with Crippen LogP contribution in [0, 0.1) is 15.9 Å². The summed E-state index contributed by atoms with van der Waals surface area (Å²) in [6.45, 7) is -0.376. The van der Waals surface area contributed by atoms with Gasteiger partial charge in [-0.3, -0.25) is 19.7 Å². The highest BCUT2D eigenvalue weighted by molar-refractivity contribution is 5.95. The number of para-hydroxylation sites is 2. The number of nitrogens with zero attached hydrogens (tertiary/aromatic N) is 2. The maximum atomic E-state index is 13.6. The van der Waals surface area contributed by atoms with Gasteiger partial charge in [0.25, 0.3) is 17.5 Å². The Kier molecular flexibility index (Phi) is 7.20. The number of carbonyl (C=O) groups excluding carboxylic acids is 2. The Morgan fingerprint density at radius 3 is 2.59 bits per heavy atom. The minimum Gasteiger partial charge on any atom is -0.483 e. The monoisotopic (exact) mass is 436 g/mol. The highest BCUT2D eigenvalue weighted by Gasteiger charge is 2.11. The Bertz CT molecular complexity index is 1180. The number of anilines is 1. The predicted molar refractivity (Wildman–Crippen MR) is 115 cm³/mol. The fourth-order valence-electron chi connectivity index (χ4n) is 2.60. The van der Waals surface area contributed by atoms with E-state index < -0.39 is 22.6 Å². The zero-order valence-electron chi connectivity index (χ0n) is 16.5. The van der Waals surface area contributed by atoms with E-state index in [4.69, 9.17) is 4.74 Å². The summed E-state index contributed by atoms with van der Waals surface area (Å²) in [5.74, 6) is -1.44. The lowest BCUT2D eigenvalue weighted by molar-refractivity contribution is -0.384. The number of benzene rings is 3. The van der Waals surface area contributed by atoms with E-state index in [0.717, 1.165) is 6.07 Å². The molecule has 32 heavy (non-hydrogen) atoms. The van der Waals surface area contributed by atoms with Crippen LogP contribution in [0.4, 0.5) is 15.8 Å². The van der Waals surface area contributed by atoms with Crippen LogP contribution in [-0.2, 0) is 4.79 Å². The summed E-state index contributed by atoms with van der Waals surface area (Å²) < 4.78 is 19.1. The number of nitrogens with one attached hydrogen (secondary N) is 2. The number of nitro benzene ring substituents is 1. The van der Waals surface area contributed by atoms with E-state index in [1.54, 1.807) is 30.3 Å². The number of carbonyl (C=O) groups is 2. The van der Waals surface area contributed by atoms with Gasteiger partial charge in [0.15, 0.2) is 6.61 Å². The first kappa shape index (κ1) is 22.1. The van der Waals surface area contributed by atoms with Crippen molar-refractivity contribution in [3.8, 4) is 5.75 Å². The van der Waals surface area contributed by atoms with Crippen LogP contribution >= 0.6 is 0 Å². The van der Waals surface area contributed by atoms with Crippen molar-refractivity contribution in [1.29, 1.82) is 0 Å². The molecular formula is C22H17FN4O5. The molecule has 10 heteroatoms. The van der Waals surface area contributed by atoms with E-state index in [0.29, 0.717) is 11.3 Å². The third-order valence-electron chi connectivity index (χ3n) is 4.11. The molecule has 0 saturated heterocycles. The zero-order valence-corrected chi connectivity index (χ0v) is 16.5. The summed E-state index contributed by atoms with van der Waals surface area (Å²) in [6.07, 6.45) is 1.30. The molecule has 0 aliphatic carbocycles. The Morgan fingerprint density at radius 1 is 1.06 bits per heavy atom. The molecule has 0 unspecified atom stereocenters. The van der Waals surface area contributed by atoms with Gasteiger partial charge in [0.05, 0.1) is 16.8 Å². The largest absolute Gasteiger partial charge is 0.483 e. The van der Waals surface area contributed by atoms with E-state index in [2.05, 4.69) is 15.8 Å². The molecule has 0 saturated carbocycles. The topological polar surface area (TPSA) is 123 Å². The number of ether oxygens (including phenoxy) is 1. The van der Waals surface area contributed by atoms with Crippen LogP contribution < -0.4 is 15.5 Å². The van der Waals surface area contributed by atoms with E-state index in [9.17, 15) is 24.1 Å². The van der Waals surface area contributed by atoms with Crippen molar-refractivity contribution in [3.63, 3.8) is 0 Å². The van der Waals surface area contributed by atoms with Crippen molar-refractivity contribution in [1.82, 2.24) is 5.43 Å². The van der Waals surface area contributed by atoms with Crippen LogP contribution in [0.3, 0.4) is 0 Å². The van der Waals surface area contributed by atoms with Gasteiger partial charge < -0.3 is 10.1 Å². The van der Waals surface area contributed by atoms with Gasteiger partial charge in [-0.05, 0) is 30.3 Å². The molecular weight excluding hydrogens is 419 g/mol. The molecule has 9 nitrogen and oxygen atoms in total.